The summed E-state index contributed by atoms with van der Waals surface area (Å²) in [5.74, 6) is 0.775. The van der Waals surface area contributed by atoms with Gasteiger partial charge in [0.05, 0.1) is 9.65 Å². The highest BCUT2D eigenvalue weighted by atomic mass is 79.9. The molecule has 0 radical (unpaired) electrons. The first-order valence-electron chi connectivity index (χ1n) is 4.45. The molecule has 4 heteroatoms. The van der Waals surface area contributed by atoms with Gasteiger partial charge in [-0.25, -0.2) is 0 Å². The van der Waals surface area contributed by atoms with Crippen LogP contribution in [0, 0.1) is 11.8 Å². The van der Waals surface area contributed by atoms with E-state index in [0.29, 0.717) is 12.8 Å². The molecule has 0 amide bonds. The average molecular weight is 310 g/mol. The van der Waals surface area contributed by atoms with E-state index >= 15 is 0 Å². The van der Waals surface area contributed by atoms with Crippen molar-refractivity contribution in [3.05, 3.63) is 0 Å². The molecule has 4 atom stereocenters. The first-order valence-corrected chi connectivity index (χ1v) is 6.28. The molecule has 2 aliphatic carbocycles. The van der Waals surface area contributed by atoms with Crippen LogP contribution in [-0.2, 0) is 9.59 Å². The van der Waals surface area contributed by atoms with E-state index in [1.54, 1.807) is 0 Å². The van der Waals surface area contributed by atoms with Crippen LogP contribution < -0.4 is 0 Å². The lowest BCUT2D eigenvalue weighted by atomic mass is 9.71. The highest BCUT2D eigenvalue weighted by Crippen LogP contribution is 2.40. The molecule has 0 heterocycles. The van der Waals surface area contributed by atoms with E-state index in [9.17, 15) is 9.59 Å². The maximum absolute atomic E-state index is 11.6. The minimum absolute atomic E-state index is 0.0831. The molecule has 2 aliphatic rings. The summed E-state index contributed by atoms with van der Waals surface area (Å²) in [6, 6.07) is 0. The van der Waals surface area contributed by atoms with Crippen molar-refractivity contribution in [3.8, 4) is 0 Å². The molecular weight excluding hydrogens is 300 g/mol. The molecule has 2 bridgehead atoms. The van der Waals surface area contributed by atoms with Crippen LogP contribution in [0.5, 0.6) is 0 Å². The number of carbonyl (C=O) groups excluding carboxylic acids is 2. The summed E-state index contributed by atoms with van der Waals surface area (Å²) in [6.45, 7) is 0. The number of Topliss-reactive ketones (excluding diaryl/α,β-unsaturated/α-hetero) is 2. The highest BCUT2D eigenvalue weighted by Gasteiger charge is 2.44. The molecule has 2 nitrogen and oxygen atoms in total. The molecule has 0 spiro atoms. The van der Waals surface area contributed by atoms with E-state index in [2.05, 4.69) is 31.9 Å². The Balaban J connectivity index is 2.21. The van der Waals surface area contributed by atoms with Crippen molar-refractivity contribution in [1.82, 2.24) is 0 Å². The van der Waals surface area contributed by atoms with Gasteiger partial charge in [0.15, 0.2) is 0 Å². The maximum Gasteiger partial charge on any atom is 0.149 e. The van der Waals surface area contributed by atoms with Crippen molar-refractivity contribution >= 4 is 43.4 Å². The fourth-order valence-corrected chi connectivity index (χ4v) is 3.89. The Morgan fingerprint density at radius 3 is 1.62 bits per heavy atom. The number of ketones is 2. The van der Waals surface area contributed by atoms with Gasteiger partial charge in [-0.2, -0.15) is 0 Å². The van der Waals surface area contributed by atoms with E-state index in [-0.39, 0.29) is 33.1 Å². The number of rotatable bonds is 0. The first kappa shape index (κ1) is 9.84. The van der Waals surface area contributed by atoms with Crippen molar-refractivity contribution in [2.75, 3.05) is 0 Å². The Kier molecular flexibility index (Phi) is 2.62. The van der Waals surface area contributed by atoms with Crippen LogP contribution in [0.4, 0.5) is 0 Å². The van der Waals surface area contributed by atoms with Crippen molar-refractivity contribution in [3.63, 3.8) is 0 Å². The third-order valence-corrected chi connectivity index (χ3v) is 4.62. The number of halogens is 2. The summed E-state index contributed by atoms with van der Waals surface area (Å²) >= 11 is 6.68. The molecule has 2 rings (SSSR count). The van der Waals surface area contributed by atoms with Crippen LogP contribution in [0.15, 0.2) is 0 Å². The van der Waals surface area contributed by atoms with E-state index in [1.807, 2.05) is 0 Å². The van der Waals surface area contributed by atoms with Crippen LogP contribution in [0.1, 0.15) is 19.3 Å². The van der Waals surface area contributed by atoms with Gasteiger partial charge in [0.1, 0.15) is 11.6 Å². The van der Waals surface area contributed by atoms with Gasteiger partial charge in [-0.1, -0.05) is 31.9 Å². The molecule has 13 heavy (non-hydrogen) atoms. The minimum atomic E-state index is -0.0831. The summed E-state index contributed by atoms with van der Waals surface area (Å²) < 4.78 is 0. The van der Waals surface area contributed by atoms with Gasteiger partial charge >= 0.3 is 0 Å². The Bertz CT molecular complexity index is 234. The van der Waals surface area contributed by atoms with Crippen molar-refractivity contribution in [2.24, 2.45) is 11.8 Å². The molecule has 72 valence electrons. The van der Waals surface area contributed by atoms with Crippen LogP contribution in [0.25, 0.3) is 0 Å². The molecule has 0 aromatic carbocycles. The van der Waals surface area contributed by atoms with E-state index in [0.717, 1.165) is 6.42 Å². The number of alkyl halides is 2. The van der Waals surface area contributed by atoms with Gasteiger partial charge in [0.25, 0.3) is 0 Å². The maximum atomic E-state index is 11.6. The normalized spacial score (nSPS) is 45.1. The largest absolute Gasteiger partial charge is 0.298 e. The predicted octanol–water partition coefficient (Wildman–Crippen LogP) is 2.08. The van der Waals surface area contributed by atoms with Crippen LogP contribution >= 0.6 is 31.9 Å². The fourth-order valence-electron chi connectivity index (χ4n) is 2.24. The smallest absolute Gasteiger partial charge is 0.149 e. The molecule has 0 N–H and O–H groups in total. The Labute approximate surface area is 93.7 Å². The molecule has 0 aromatic heterocycles. The van der Waals surface area contributed by atoms with E-state index < -0.39 is 0 Å². The summed E-state index contributed by atoms with van der Waals surface area (Å²) in [7, 11) is 0. The van der Waals surface area contributed by atoms with Crippen LogP contribution in [0.2, 0.25) is 0 Å². The molecule has 2 fully saturated rings. The number of hydrogen-bond acceptors (Lipinski definition) is 2. The monoisotopic (exact) mass is 308 g/mol. The lowest BCUT2D eigenvalue weighted by Crippen LogP contribution is -2.45. The second kappa shape index (κ2) is 3.46. The molecule has 0 unspecified atom stereocenters. The summed E-state index contributed by atoms with van der Waals surface area (Å²) in [4.78, 5) is 23.1. The Hall–Kier alpha value is 0.300. The number of hydrogen-bond donors (Lipinski definition) is 0. The van der Waals surface area contributed by atoms with Gasteiger partial charge in [-0.3, -0.25) is 9.59 Å². The number of fused-ring (bicyclic) bond motifs is 2. The quantitative estimate of drug-likeness (QED) is 0.642. The van der Waals surface area contributed by atoms with Crippen LogP contribution in [0.3, 0.4) is 0 Å². The molecule has 0 aromatic rings. The van der Waals surface area contributed by atoms with Gasteiger partial charge in [0.2, 0.25) is 0 Å². The zero-order valence-corrected chi connectivity index (χ0v) is 10.2. The second-order valence-corrected chi connectivity index (χ2v) is 6.05. The van der Waals surface area contributed by atoms with Crippen molar-refractivity contribution in [2.45, 2.75) is 28.9 Å². The first-order chi connectivity index (χ1) is 6.09. The van der Waals surface area contributed by atoms with Crippen LogP contribution in [-0.4, -0.2) is 21.2 Å². The minimum Gasteiger partial charge on any atom is -0.298 e. The van der Waals surface area contributed by atoms with Gasteiger partial charge in [-0.05, 0) is 19.3 Å². The topological polar surface area (TPSA) is 34.1 Å². The lowest BCUT2D eigenvalue weighted by Gasteiger charge is -2.36. The SMILES string of the molecule is O=C1[C@H]2C[C@@H](C[C@H]1Br)C(=O)[C@@H](Br)C2. The third-order valence-electron chi connectivity index (χ3n) is 2.97. The van der Waals surface area contributed by atoms with Crippen molar-refractivity contribution < 1.29 is 9.59 Å². The zero-order valence-electron chi connectivity index (χ0n) is 7.00. The Morgan fingerprint density at radius 1 is 0.846 bits per heavy atom. The van der Waals surface area contributed by atoms with Gasteiger partial charge < -0.3 is 0 Å². The molecule has 0 saturated heterocycles. The van der Waals surface area contributed by atoms with E-state index in [4.69, 9.17) is 0 Å². The second-order valence-electron chi connectivity index (χ2n) is 3.84. The zero-order chi connectivity index (χ0) is 9.59. The lowest BCUT2D eigenvalue weighted by molar-refractivity contribution is -0.133. The van der Waals surface area contributed by atoms with Gasteiger partial charge in [0, 0.05) is 11.8 Å². The number of carbonyl (C=O) groups is 2. The van der Waals surface area contributed by atoms with Crippen molar-refractivity contribution in [1.29, 1.82) is 0 Å². The van der Waals surface area contributed by atoms with E-state index in [1.165, 1.54) is 0 Å². The standard InChI is InChI=1S/C9H10Br2O2/c10-6-2-4-1-5(9(6)13)3-7(11)8(4)12/h4-7H,1-3H2/t4-,5-,6-,7+/m0/s1. The average Bonchev–Trinajstić information content (AvgIpc) is 2.09. The fraction of sp³-hybridized carbons (Fsp3) is 0.778. The Morgan fingerprint density at radius 2 is 1.23 bits per heavy atom. The van der Waals surface area contributed by atoms with Gasteiger partial charge in [-0.15, -0.1) is 0 Å². The third kappa shape index (κ3) is 1.63. The summed E-state index contributed by atoms with van der Waals surface area (Å²) in [6.07, 6.45) is 2.16. The highest BCUT2D eigenvalue weighted by molar-refractivity contribution is 9.10. The predicted molar refractivity (Wildman–Crippen MR) is 56.3 cm³/mol. The summed E-state index contributed by atoms with van der Waals surface area (Å²) in [5, 5.41) is 0. The molecule has 2 saturated carbocycles. The molecular formula is C9H10Br2O2. The molecule has 0 aliphatic heterocycles. The summed E-state index contributed by atoms with van der Waals surface area (Å²) in [5.41, 5.74) is 0.